The Bertz CT molecular complexity index is 1170. The molecule has 0 atom stereocenters. The van der Waals surface area contributed by atoms with E-state index in [0.29, 0.717) is 23.2 Å². The Kier molecular flexibility index (Phi) is 8.35. The summed E-state index contributed by atoms with van der Waals surface area (Å²) in [5.41, 5.74) is 1.86. The molecule has 0 radical (unpaired) electrons. The fourth-order valence-corrected chi connectivity index (χ4v) is 2.98. The van der Waals surface area contributed by atoms with E-state index in [-0.39, 0.29) is 11.8 Å². The molecule has 33 heavy (non-hydrogen) atoms. The zero-order valence-corrected chi connectivity index (χ0v) is 19.4. The molecule has 5 rings (SSSR count). The molecule has 0 spiro atoms. The van der Waals surface area contributed by atoms with Gasteiger partial charge in [0.25, 0.3) is 0 Å². The van der Waals surface area contributed by atoms with Crippen LogP contribution in [0.15, 0.2) is 60.8 Å². The zero-order valence-electron chi connectivity index (χ0n) is 19.4. The van der Waals surface area contributed by atoms with Crippen LogP contribution in [0.3, 0.4) is 0 Å². The van der Waals surface area contributed by atoms with E-state index in [2.05, 4.69) is 30.8 Å². The molecule has 3 N–H and O–H groups in total. The highest BCUT2D eigenvalue weighted by Crippen LogP contribution is 2.30. The van der Waals surface area contributed by atoms with Crippen LogP contribution in [-0.4, -0.2) is 33.2 Å². The number of hydrogen-bond donors (Lipinski definition) is 3. The fourth-order valence-electron chi connectivity index (χ4n) is 2.98. The van der Waals surface area contributed by atoms with Crippen LogP contribution in [0.2, 0.25) is 0 Å². The van der Waals surface area contributed by atoms with Crippen LogP contribution in [0.5, 0.6) is 5.75 Å². The molecule has 1 fully saturated rings. The van der Waals surface area contributed by atoms with Crippen LogP contribution in [-0.2, 0) is 4.79 Å². The van der Waals surface area contributed by atoms with E-state index >= 15 is 0 Å². The second kappa shape index (κ2) is 11.6. The molecule has 1 aliphatic rings. The largest absolute Gasteiger partial charge is 0.491 e. The number of methoxy groups -OCH3 is 1. The summed E-state index contributed by atoms with van der Waals surface area (Å²) in [6.07, 6.45) is 3.75. The maximum absolute atomic E-state index is 11.3. The van der Waals surface area contributed by atoms with Gasteiger partial charge in [0, 0.05) is 17.0 Å². The summed E-state index contributed by atoms with van der Waals surface area (Å²) in [4.78, 5) is 19.7. The second-order valence-corrected chi connectivity index (χ2v) is 7.21. The summed E-state index contributed by atoms with van der Waals surface area (Å²) >= 11 is 0. The summed E-state index contributed by atoms with van der Waals surface area (Å²) in [7, 11) is 1.59. The summed E-state index contributed by atoms with van der Waals surface area (Å²) in [6, 6.07) is 17.5. The number of aromatic amines is 1. The third-order valence-electron chi connectivity index (χ3n) is 4.79. The van der Waals surface area contributed by atoms with Gasteiger partial charge in [0.05, 0.1) is 18.8 Å². The predicted octanol–water partition coefficient (Wildman–Crippen LogP) is 5.47. The van der Waals surface area contributed by atoms with Crippen molar-refractivity contribution in [1.29, 1.82) is 0 Å². The summed E-state index contributed by atoms with van der Waals surface area (Å²) in [5.74, 6) is 3.02. The van der Waals surface area contributed by atoms with Crippen molar-refractivity contribution in [2.75, 3.05) is 17.7 Å². The lowest BCUT2D eigenvalue weighted by atomic mass is 10.2. The Hall–Kier alpha value is -3.94. The Balaban J connectivity index is 0.000000188. The van der Waals surface area contributed by atoms with Crippen molar-refractivity contribution < 1.29 is 9.53 Å². The predicted molar refractivity (Wildman–Crippen MR) is 132 cm³/mol. The number of hydrogen-bond acceptors (Lipinski definition) is 6. The standard InChI is InChI=1S/C13H13N5O.C10H11NO.C2H6/c1-8-14-7-11(19-2)13(15-8)16-12-9-5-3-4-6-10(9)17-18-12;12-10(8-6-7-8)11-9-4-2-1-3-5-9;1-2/h3-7H,1-2H3,(H2,14,15,16,17,18);1-5,8H,6-7H2,(H,11,12);1-2H3. The van der Waals surface area contributed by atoms with Gasteiger partial charge in [-0.2, -0.15) is 5.10 Å². The number of fused-ring (bicyclic) bond motifs is 1. The van der Waals surface area contributed by atoms with Crippen LogP contribution in [0, 0.1) is 12.8 Å². The van der Waals surface area contributed by atoms with E-state index in [1.165, 1.54) is 0 Å². The first-order valence-electron chi connectivity index (χ1n) is 11.1. The first kappa shape index (κ1) is 23.7. The number of rotatable bonds is 5. The quantitative estimate of drug-likeness (QED) is 0.375. The van der Waals surface area contributed by atoms with Gasteiger partial charge < -0.3 is 15.4 Å². The minimum Gasteiger partial charge on any atom is -0.491 e. The molecule has 2 aromatic heterocycles. The van der Waals surface area contributed by atoms with Gasteiger partial charge in [0.1, 0.15) is 5.82 Å². The van der Waals surface area contributed by atoms with Gasteiger partial charge in [-0.3, -0.25) is 9.89 Å². The molecule has 172 valence electrons. The molecule has 2 aromatic carbocycles. The molecule has 1 amide bonds. The van der Waals surface area contributed by atoms with Crippen LogP contribution < -0.4 is 15.4 Å². The van der Waals surface area contributed by atoms with Crippen molar-refractivity contribution in [3.05, 3.63) is 66.6 Å². The fraction of sp³-hybridized carbons (Fsp3) is 0.280. The van der Waals surface area contributed by atoms with Crippen LogP contribution in [0.25, 0.3) is 10.9 Å². The number of anilines is 3. The molecular weight excluding hydrogens is 416 g/mol. The number of aryl methyl sites for hydroxylation is 1. The van der Waals surface area contributed by atoms with E-state index in [0.717, 1.165) is 29.4 Å². The van der Waals surface area contributed by atoms with Crippen LogP contribution in [0.4, 0.5) is 17.3 Å². The molecule has 1 saturated carbocycles. The average Bonchev–Trinajstić information content (AvgIpc) is 3.64. The maximum atomic E-state index is 11.3. The molecule has 0 unspecified atom stereocenters. The lowest BCUT2D eigenvalue weighted by Gasteiger charge is -2.08. The number of nitrogens with zero attached hydrogens (tertiary/aromatic N) is 3. The number of H-pyrrole nitrogens is 1. The topological polar surface area (TPSA) is 105 Å². The lowest BCUT2D eigenvalue weighted by Crippen LogP contribution is -2.12. The molecule has 0 saturated heterocycles. The molecule has 4 aromatic rings. The van der Waals surface area contributed by atoms with Crippen molar-refractivity contribution in [2.24, 2.45) is 5.92 Å². The summed E-state index contributed by atoms with van der Waals surface area (Å²) in [6.45, 7) is 5.83. The molecule has 0 aliphatic heterocycles. The Morgan fingerprint density at radius 2 is 1.73 bits per heavy atom. The van der Waals surface area contributed by atoms with Gasteiger partial charge in [0.2, 0.25) is 5.91 Å². The van der Waals surface area contributed by atoms with Gasteiger partial charge in [-0.05, 0) is 44.0 Å². The van der Waals surface area contributed by atoms with Gasteiger partial charge in [-0.1, -0.05) is 44.2 Å². The molecule has 8 nitrogen and oxygen atoms in total. The number of para-hydroxylation sites is 2. The van der Waals surface area contributed by atoms with E-state index < -0.39 is 0 Å². The van der Waals surface area contributed by atoms with Gasteiger partial charge >= 0.3 is 0 Å². The van der Waals surface area contributed by atoms with Crippen LogP contribution >= 0.6 is 0 Å². The molecule has 2 heterocycles. The number of nitrogens with one attached hydrogen (secondary N) is 3. The third-order valence-corrected chi connectivity index (χ3v) is 4.79. The normalized spacial score (nSPS) is 12.0. The highest BCUT2D eigenvalue weighted by molar-refractivity contribution is 5.94. The average molecular weight is 447 g/mol. The Labute approximate surface area is 193 Å². The minimum absolute atomic E-state index is 0.168. The molecule has 8 heteroatoms. The monoisotopic (exact) mass is 446 g/mol. The number of carbonyl (C=O) groups is 1. The highest BCUT2D eigenvalue weighted by atomic mass is 16.5. The number of aromatic nitrogens is 4. The minimum atomic E-state index is 0.168. The van der Waals surface area contributed by atoms with Gasteiger partial charge in [-0.25, -0.2) is 9.97 Å². The van der Waals surface area contributed by atoms with Crippen molar-refractivity contribution in [1.82, 2.24) is 20.2 Å². The SMILES string of the molecule is CC.COc1cnc(C)nc1Nc1n[nH]c2ccccc12.O=C(Nc1ccccc1)C1CC1. The first-order chi connectivity index (χ1) is 16.1. The molecule has 1 aliphatic carbocycles. The van der Waals surface area contributed by atoms with Gasteiger partial charge in [-0.15, -0.1) is 0 Å². The number of carbonyl (C=O) groups excluding carboxylic acids is 1. The smallest absolute Gasteiger partial charge is 0.227 e. The first-order valence-corrected chi connectivity index (χ1v) is 11.1. The van der Waals surface area contributed by atoms with E-state index in [9.17, 15) is 4.79 Å². The summed E-state index contributed by atoms with van der Waals surface area (Å²) in [5, 5.41) is 14.2. The van der Waals surface area contributed by atoms with Gasteiger partial charge in [0.15, 0.2) is 17.4 Å². The van der Waals surface area contributed by atoms with E-state index in [1.54, 1.807) is 13.3 Å². The van der Waals surface area contributed by atoms with E-state index in [4.69, 9.17) is 4.74 Å². The summed E-state index contributed by atoms with van der Waals surface area (Å²) < 4.78 is 5.24. The second-order valence-electron chi connectivity index (χ2n) is 7.21. The Morgan fingerprint density at radius 3 is 2.42 bits per heavy atom. The lowest BCUT2D eigenvalue weighted by molar-refractivity contribution is -0.117. The number of benzene rings is 2. The highest BCUT2D eigenvalue weighted by Gasteiger charge is 2.29. The third kappa shape index (κ3) is 6.52. The zero-order chi connectivity index (χ0) is 23.6. The number of ether oxygens (including phenoxy) is 1. The Morgan fingerprint density at radius 1 is 1.03 bits per heavy atom. The van der Waals surface area contributed by atoms with Crippen LogP contribution in [0.1, 0.15) is 32.5 Å². The number of amides is 1. The van der Waals surface area contributed by atoms with Crippen molar-refractivity contribution in [2.45, 2.75) is 33.6 Å². The maximum Gasteiger partial charge on any atom is 0.227 e. The van der Waals surface area contributed by atoms with Crippen molar-refractivity contribution in [3.8, 4) is 5.75 Å². The van der Waals surface area contributed by atoms with E-state index in [1.807, 2.05) is 75.4 Å². The van der Waals surface area contributed by atoms with Crippen molar-refractivity contribution in [3.63, 3.8) is 0 Å². The molecular formula is C25H30N6O2. The molecule has 0 bridgehead atoms. The van der Waals surface area contributed by atoms with Crippen molar-refractivity contribution >= 4 is 34.1 Å².